The molecule has 1 N–H and O–H groups in total. The van der Waals surface area contributed by atoms with E-state index < -0.39 is 5.97 Å². The van der Waals surface area contributed by atoms with Gasteiger partial charge in [0.2, 0.25) is 0 Å². The molecule has 116 valence electrons. The van der Waals surface area contributed by atoms with Crippen LogP contribution in [0.3, 0.4) is 0 Å². The van der Waals surface area contributed by atoms with E-state index in [0.717, 1.165) is 12.0 Å². The van der Waals surface area contributed by atoms with E-state index in [4.69, 9.17) is 26.2 Å². The van der Waals surface area contributed by atoms with Crippen LogP contribution in [0.1, 0.15) is 18.9 Å². The van der Waals surface area contributed by atoms with Gasteiger partial charge in [0.25, 0.3) is 0 Å². The zero-order valence-corrected chi connectivity index (χ0v) is 13.0. The lowest BCUT2D eigenvalue weighted by Crippen LogP contribution is -2.49. The minimum atomic E-state index is -0.731. The summed E-state index contributed by atoms with van der Waals surface area (Å²) in [6.45, 7) is 4.42. The van der Waals surface area contributed by atoms with Crippen molar-refractivity contribution >= 4 is 17.6 Å². The van der Waals surface area contributed by atoms with Crippen molar-refractivity contribution in [2.45, 2.75) is 19.9 Å². The van der Waals surface area contributed by atoms with Crippen molar-refractivity contribution in [2.75, 3.05) is 26.8 Å². The molecule has 0 aromatic heterocycles. The minimum absolute atomic E-state index is 0.255. The van der Waals surface area contributed by atoms with Crippen molar-refractivity contribution in [2.24, 2.45) is 5.92 Å². The summed E-state index contributed by atoms with van der Waals surface area (Å²) in [5.41, 5.74) is 0.990. The molecule has 2 rings (SSSR count). The number of carbonyl (C=O) groups is 1. The van der Waals surface area contributed by atoms with E-state index in [0.29, 0.717) is 42.8 Å². The molecule has 21 heavy (non-hydrogen) atoms. The van der Waals surface area contributed by atoms with Crippen LogP contribution in [0.2, 0.25) is 5.02 Å². The highest BCUT2D eigenvalue weighted by atomic mass is 35.5. The minimum Gasteiger partial charge on any atom is -0.493 e. The van der Waals surface area contributed by atoms with Crippen molar-refractivity contribution in [3.63, 3.8) is 0 Å². The average Bonchev–Trinajstić information content (AvgIpc) is 2.40. The zero-order valence-electron chi connectivity index (χ0n) is 12.3. The summed E-state index contributed by atoms with van der Waals surface area (Å²) in [5.74, 6) is 0.192. The van der Waals surface area contributed by atoms with Gasteiger partial charge in [-0.25, -0.2) is 0 Å². The quantitative estimate of drug-likeness (QED) is 0.838. The fourth-order valence-corrected chi connectivity index (χ4v) is 2.61. The maximum atomic E-state index is 10.8. The number of rotatable bonds is 7. The third kappa shape index (κ3) is 3.80. The molecular formula is C15H20ClNO4. The fourth-order valence-electron chi connectivity index (χ4n) is 2.32. The number of aliphatic carboxylic acids is 1. The summed E-state index contributed by atoms with van der Waals surface area (Å²) < 4.78 is 10.9. The van der Waals surface area contributed by atoms with Gasteiger partial charge < -0.3 is 14.6 Å². The molecule has 6 heteroatoms. The standard InChI is InChI=1S/C15H20ClNO4/c1-3-4-21-14-12(16)5-10(6-13(14)20-2)7-17-8-11(9-17)15(18)19/h5-6,11H,3-4,7-9H2,1-2H3,(H,18,19). The van der Waals surface area contributed by atoms with Crippen molar-refractivity contribution < 1.29 is 19.4 Å². The number of methoxy groups -OCH3 is 1. The Hall–Kier alpha value is -1.46. The van der Waals surface area contributed by atoms with E-state index in [9.17, 15) is 4.79 Å². The lowest BCUT2D eigenvalue weighted by molar-refractivity contribution is -0.147. The fraction of sp³-hybridized carbons (Fsp3) is 0.533. The van der Waals surface area contributed by atoms with Gasteiger partial charge in [0, 0.05) is 19.6 Å². The van der Waals surface area contributed by atoms with Crippen molar-refractivity contribution in [3.05, 3.63) is 22.7 Å². The number of benzene rings is 1. The molecule has 0 bridgehead atoms. The predicted octanol–water partition coefficient (Wildman–Crippen LogP) is 2.65. The van der Waals surface area contributed by atoms with Crippen molar-refractivity contribution in [3.8, 4) is 11.5 Å². The first-order valence-electron chi connectivity index (χ1n) is 6.99. The van der Waals surface area contributed by atoms with Gasteiger partial charge >= 0.3 is 5.97 Å². The molecule has 1 aliphatic rings. The van der Waals surface area contributed by atoms with E-state index in [1.807, 2.05) is 19.1 Å². The predicted molar refractivity (Wildman–Crippen MR) is 80.2 cm³/mol. The summed E-state index contributed by atoms with van der Waals surface area (Å²) in [7, 11) is 1.58. The lowest BCUT2D eigenvalue weighted by atomic mass is 9.99. The van der Waals surface area contributed by atoms with Gasteiger partial charge in [-0.3, -0.25) is 9.69 Å². The largest absolute Gasteiger partial charge is 0.493 e. The van der Waals surface area contributed by atoms with Gasteiger partial charge in [-0.1, -0.05) is 18.5 Å². The normalized spacial score (nSPS) is 15.6. The van der Waals surface area contributed by atoms with Crippen LogP contribution in [0.15, 0.2) is 12.1 Å². The third-order valence-corrected chi connectivity index (χ3v) is 3.73. The molecule has 1 aromatic rings. The Morgan fingerprint density at radius 3 is 2.76 bits per heavy atom. The molecule has 0 atom stereocenters. The smallest absolute Gasteiger partial charge is 0.309 e. The molecule has 1 heterocycles. The van der Waals surface area contributed by atoms with Gasteiger partial charge in [-0.05, 0) is 24.1 Å². The molecule has 1 aromatic carbocycles. The molecule has 1 fully saturated rings. The summed E-state index contributed by atoms with van der Waals surface area (Å²) in [6.07, 6.45) is 0.894. The van der Waals surface area contributed by atoms with Gasteiger partial charge in [-0.15, -0.1) is 0 Å². The topological polar surface area (TPSA) is 59.0 Å². The number of ether oxygens (including phenoxy) is 2. The molecule has 0 aliphatic carbocycles. The van der Waals surface area contributed by atoms with Crippen LogP contribution in [0.5, 0.6) is 11.5 Å². The van der Waals surface area contributed by atoms with E-state index >= 15 is 0 Å². The number of hydrogen-bond donors (Lipinski definition) is 1. The number of nitrogens with zero attached hydrogens (tertiary/aromatic N) is 1. The Labute approximate surface area is 129 Å². The Morgan fingerprint density at radius 2 is 2.19 bits per heavy atom. The molecule has 1 saturated heterocycles. The van der Waals surface area contributed by atoms with E-state index in [1.54, 1.807) is 7.11 Å². The van der Waals surface area contributed by atoms with E-state index in [1.165, 1.54) is 0 Å². The Balaban J connectivity index is 2.04. The number of carboxylic acids is 1. The van der Waals surface area contributed by atoms with Crippen LogP contribution in [0, 0.1) is 5.92 Å². The second kappa shape index (κ2) is 7.00. The van der Waals surface area contributed by atoms with Gasteiger partial charge in [-0.2, -0.15) is 0 Å². The van der Waals surface area contributed by atoms with E-state index in [2.05, 4.69) is 4.90 Å². The second-order valence-corrected chi connectivity index (χ2v) is 5.59. The number of halogens is 1. The molecule has 0 radical (unpaired) electrons. The van der Waals surface area contributed by atoms with Gasteiger partial charge in [0.05, 0.1) is 24.7 Å². The summed E-state index contributed by atoms with van der Waals surface area (Å²) in [4.78, 5) is 12.9. The highest BCUT2D eigenvalue weighted by Gasteiger charge is 2.32. The molecule has 0 unspecified atom stereocenters. The average molecular weight is 314 g/mol. The SMILES string of the molecule is CCCOc1c(Cl)cc(CN2CC(C(=O)O)C2)cc1OC. The monoisotopic (exact) mass is 313 g/mol. The van der Waals surface area contributed by atoms with Crippen molar-refractivity contribution in [1.82, 2.24) is 4.90 Å². The first-order chi connectivity index (χ1) is 10.0. The number of likely N-dealkylation sites (tertiary alicyclic amines) is 1. The molecule has 5 nitrogen and oxygen atoms in total. The Bertz CT molecular complexity index is 515. The zero-order chi connectivity index (χ0) is 15.4. The molecule has 0 spiro atoms. The molecule has 0 saturated carbocycles. The first kappa shape index (κ1) is 15.9. The number of carboxylic acid groups (broad SMARTS) is 1. The first-order valence-corrected chi connectivity index (χ1v) is 7.37. The summed E-state index contributed by atoms with van der Waals surface area (Å²) in [6, 6.07) is 3.74. The van der Waals surface area contributed by atoms with Crippen LogP contribution in [-0.2, 0) is 11.3 Å². The third-order valence-electron chi connectivity index (χ3n) is 3.45. The van der Waals surface area contributed by atoms with Crippen LogP contribution in [-0.4, -0.2) is 42.8 Å². The van der Waals surface area contributed by atoms with Gasteiger partial charge in [0.15, 0.2) is 11.5 Å². The lowest BCUT2D eigenvalue weighted by Gasteiger charge is -2.36. The maximum absolute atomic E-state index is 10.8. The highest BCUT2D eigenvalue weighted by molar-refractivity contribution is 6.32. The van der Waals surface area contributed by atoms with E-state index in [-0.39, 0.29) is 5.92 Å². The van der Waals surface area contributed by atoms with Crippen LogP contribution < -0.4 is 9.47 Å². The highest BCUT2D eigenvalue weighted by Crippen LogP contribution is 2.37. The summed E-state index contributed by atoms with van der Waals surface area (Å²) in [5, 5.41) is 9.40. The molecular weight excluding hydrogens is 294 g/mol. The van der Waals surface area contributed by atoms with Crippen LogP contribution in [0.4, 0.5) is 0 Å². The van der Waals surface area contributed by atoms with Crippen LogP contribution in [0.25, 0.3) is 0 Å². The van der Waals surface area contributed by atoms with Crippen LogP contribution >= 0.6 is 11.6 Å². The Kier molecular flexibility index (Phi) is 5.31. The van der Waals surface area contributed by atoms with Crippen molar-refractivity contribution in [1.29, 1.82) is 0 Å². The Morgan fingerprint density at radius 1 is 1.48 bits per heavy atom. The summed E-state index contributed by atoms with van der Waals surface area (Å²) >= 11 is 6.26. The second-order valence-electron chi connectivity index (χ2n) is 5.19. The van der Waals surface area contributed by atoms with Gasteiger partial charge in [0.1, 0.15) is 0 Å². The maximum Gasteiger partial charge on any atom is 0.309 e. The molecule has 0 amide bonds. The molecule has 1 aliphatic heterocycles. The number of hydrogen-bond acceptors (Lipinski definition) is 4.